The van der Waals surface area contributed by atoms with Crippen molar-refractivity contribution in [3.63, 3.8) is 0 Å². The van der Waals surface area contributed by atoms with Gasteiger partial charge in [-0.25, -0.2) is 4.68 Å². The summed E-state index contributed by atoms with van der Waals surface area (Å²) in [5.41, 5.74) is 3.41. The number of aryl methyl sites for hydroxylation is 2. The third-order valence-electron chi connectivity index (χ3n) is 4.42. The first-order chi connectivity index (χ1) is 13.9. The number of Topliss-reactive ketones (excluding diaryl/α,β-unsaturated/α-hetero) is 1. The number of ketones is 1. The van der Waals surface area contributed by atoms with Gasteiger partial charge in [0, 0.05) is 16.9 Å². The maximum absolute atomic E-state index is 12.7. The molecule has 0 saturated carbocycles. The van der Waals surface area contributed by atoms with Crippen LogP contribution in [0.15, 0.2) is 54.6 Å². The number of hydrogen-bond acceptors (Lipinski definition) is 5. The summed E-state index contributed by atoms with van der Waals surface area (Å²) in [6.07, 6.45) is 0. The molecule has 0 spiro atoms. The minimum atomic E-state index is -1.45. The number of nitriles is 1. The summed E-state index contributed by atoms with van der Waals surface area (Å²) in [4.78, 5) is 25.2. The standard InChI is InChI=1S/C22H20N4O3/c1-14-12-15(2)26(25-14)18-8-4-16(5-9-18)21(27)20(13-23)22(28)24-17-6-10-19(29-3)11-7-17/h4-12,20H,1-3H3,(H,24,28). The van der Waals surface area contributed by atoms with Crippen molar-refractivity contribution in [2.24, 2.45) is 5.92 Å². The number of aromatic nitrogens is 2. The number of ether oxygens (including phenoxy) is 1. The third-order valence-corrected chi connectivity index (χ3v) is 4.42. The monoisotopic (exact) mass is 388 g/mol. The topological polar surface area (TPSA) is 97.0 Å². The van der Waals surface area contributed by atoms with Gasteiger partial charge in [0.1, 0.15) is 5.75 Å². The second kappa shape index (κ2) is 8.40. The highest BCUT2D eigenvalue weighted by atomic mass is 16.5. The highest BCUT2D eigenvalue weighted by Gasteiger charge is 2.27. The first kappa shape index (κ1) is 19.8. The van der Waals surface area contributed by atoms with Crippen molar-refractivity contribution in [2.75, 3.05) is 12.4 Å². The quantitative estimate of drug-likeness (QED) is 0.515. The second-order valence-corrected chi connectivity index (χ2v) is 6.53. The Hall–Kier alpha value is -3.92. The molecule has 1 aromatic heterocycles. The van der Waals surface area contributed by atoms with Crippen LogP contribution < -0.4 is 10.1 Å². The van der Waals surface area contributed by atoms with E-state index in [1.807, 2.05) is 19.9 Å². The Labute approximate surface area is 168 Å². The summed E-state index contributed by atoms with van der Waals surface area (Å²) in [5.74, 6) is -2.04. The van der Waals surface area contributed by atoms with Crippen LogP contribution in [0.4, 0.5) is 5.69 Å². The number of amides is 1. The first-order valence-corrected chi connectivity index (χ1v) is 8.95. The molecule has 3 aromatic rings. The number of anilines is 1. The zero-order valence-electron chi connectivity index (χ0n) is 16.3. The molecule has 1 N–H and O–H groups in total. The maximum Gasteiger partial charge on any atom is 0.249 e. The summed E-state index contributed by atoms with van der Waals surface area (Å²) < 4.78 is 6.83. The van der Waals surface area contributed by atoms with E-state index in [1.54, 1.807) is 59.3 Å². The van der Waals surface area contributed by atoms with Gasteiger partial charge < -0.3 is 10.1 Å². The largest absolute Gasteiger partial charge is 0.497 e. The van der Waals surface area contributed by atoms with E-state index in [0.717, 1.165) is 17.1 Å². The van der Waals surface area contributed by atoms with Crippen LogP contribution in [-0.2, 0) is 4.79 Å². The number of hydrogen-bond donors (Lipinski definition) is 1. The Morgan fingerprint density at radius 1 is 1.10 bits per heavy atom. The summed E-state index contributed by atoms with van der Waals surface area (Å²) >= 11 is 0. The zero-order valence-corrected chi connectivity index (χ0v) is 16.3. The van der Waals surface area contributed by atoms with Gasteiger partial charge in [-0.1, -0.05) is 0 Å². The fraction of sp³-hybridized carbons (Fsp3) is 0.182. The normalized spacial score (nSPS) is 11.4. The molecular weight excluding hydrogens is 368 g/mol. The van der Waals surface area contributed by atoms with E-state index in [0.29, 0.717) is 11.4 Å². The first-order valence-electron chi connectivity index (χ1n) is 8.95. The number of benzene rings is 2. The van der Waals surface area contributed by atoms with Gasteiger partial charge in [-0.15, -0.1) is 0 Å². The van der Waals surface area contributed by atoms with E-state index in [4.69, 9.17) is 4.74 Å². The van der Waals surface area contributed by atoms with Gasteiger partial charge >= 0.3 is 0 Å². The van der Waals surface area contributed by atoms with E-state index >= 15 is 0 Å². The third kappa shape index (κ3) is 4.33. The van der Waals surface area contributed by atoms with Crippen molar-refractivity contribution >= 4 is 17.4 Å². The number of nitrogens with one attached hydrogen (secondary N) is 1. The number of methoxy groups -OCH3 is 1. The molecular formula is C22H20N4O3. The minimum absolute atomic E-state index is 0.284. The number of rotatable bonds is 6. The van der Waals surface area contributed by atoms with Crippen LogP contribution in [0.2, 0.25) is 0 Å². The fourth-order valence-corrected chi connectivity index (χ4v) is 2.95. The maximum atomic E-state index is 12.7. The molecule has 7 nitrogen and oxygen atoms in total. The zero-order chi connectivity index (χ0) is 21.0. The molecule has 0 bridgehead atoms. The van der Waals surface area contributed by atoms with Crippen LogP contribution in [-0.4, -0.2) is 28.6 Å². The van der Waals surface area contributed by atoms with E-state index in [9.17, 15) is 14.9 Å². The van der Waals surface area contributed by atoms with Crippen LogP contribution in [0.25, 0.3) is 5.69 Å². The van der Waals surface area contributed by atoms with Crippen molar-refractivity contribution in [1.29, 1.82) is 5.26 Å². The molecule has 0 aliphatic heterocycles. The SMILES string of the molecule is COc1ccc(NC(=O)C(C#N)C(=O)c2ccc(-n3nc(C)cc3C)cc2)cc1. The van der Waals surface area contributed by atoms with Crippen molar-refractivity contribution in [1.82, 2.24) is 9.78 Å². The summed E-state index contributed by atoms with van der Waals surface area (Å²) in [7, 11) is 1.54. The van der Waals surface area contributed by atoms with Gasteiger partial charge in [0.05, 0.1) is 24.6 Å². The Bertz CT molecular complexity index is 1080. The molecule has 0 aliphatic rings. The van der Waals surface area contributed by atoms with Gasteiger partial charge in [0.25, 0.3) is 0 Å². The highest BCUT2D eigenvalue weighted by molar-refractivity contribution is 6.15. The van der Waals surface area contributed by atoms with Crippen LogP contribution >= 0.6 is 0 Å². The molecule has 1 atom stereocenters. The molecule has 146 valence electrons. The Balaban J connectivity index is 1.75. The van der Waals surface area contributed by atoms with Crippen molar-refractivity contribution in [3.8, 4) is 17.5 Å². The lowest BCUT2D eigenvalue weighted by molar-refractivity contribution is -0.117. The fourth-order valence-electron chi connectivity index (χ4n) is 2.95. The number of carbonyl (C=O) groups is 2. The van der Waals surface area contributed by atoms with Gasteiger partial charge in [0.15, 0.2) is 11.7 Å². The number of carbonyl (C=O) groups excluding carboxylic acids is 2. The van der Waals surface area contributed by atoms with E-state index in [2.05, 4.69) is 10.4 Å². The Morgan fingerprint density at radius 3 is 2.28 bits per heavy atom. The van der Waals surface area contributed by atoms with Crippen LogP contribution in [0.1, 0.15) is 21.7 Å². The lowest BCUT2D eigenvalue weighted by atomic mass is 9.97. The minimum Gasteiger partial charge on any atom is -0.497 e. The molecule has 29 heavy (non-hydrogen) atoms. The molecule has 0 aliphatic carbocycles. The predicted octanol–water partition coefficient (Wildman–Crippen LogP) is 3.46. The van der Waals surface area contributed by atoms with Gasteiger partial charge in [-0.2, -0.15) is 10.4 Å². The summed E-state index contributed by atoms with van der Waals surface area (Å²) in [5, 5.41) is 16.4. The average Bonchev–Trinajstić information content (AvgIpc) is 3.07. The number of nitrogens with zero attached hydrogens (tertiary/aromatic N) is 3. The van der Waals surface area contributed by atoms with Gasteiger partial charge in [0.2, 0.25) is 5.91 Å². The molecule has 1 unspecified atom stereocenters. The molecule has 7 heteroatoms. The van der Waals surface area contributed by atoms with E-state index < -0.39 is 17.6 Å². The van der Waals surface area contributed by atoms with Crippen LogP contribution in [0.5, 0.6) is 5.75 Å². The lowest BCUT2D eigenvalue weighted by Crippen LogP contribution is -2.28. The van der Waals surface area contributed by atoms with E-state index in [1.165, 1.54) is 7.11 Å². The average molecular weight is 388 g/mol. The van der Waals surface area contributed by atoms with Gasteiger partial charge in [-0.05, 0) is 68.4 Å². The van der Waals surface area contributed by atoms with Crippen molar-refractivity contribution in [2.45, 2.75) is 13.8 Å². The molecule has 0 radical (unpaired) electrons. The van der Waals surface area contributed by atoms with Crippen molar-refractivity contribution in [3.05, 3.63) is 71.5 Å². The molecule has 0 fully saturated rings. The van der Waals surface area contributed by atoms with Crippen LogP contribution in [0.3, 0.4) is 0 Å². The molecule has 0 saturated heterocycles. The Kier molecular flexibility index (Phi) is 5.74. The Morgan fingerprint density at radius 2 is 1.76 bits per heavy atom. The van der Waals surface area contributed by atoms with E-state index in [-0.39, 0.29) is 5.56 Å². The molecule has 2 aromatic carbocycles. The summed E-state index contributed by atoms with van der Waals surface area (Å²) in [6, 6.07) is 17.1. The molecule has 1 amide bonds. The predicted molar refractivity (Wildman–Crippen MR) is 108 cm³/mol. The van der Waals surface area contributed by atoms with Crippen molar-refractivity contribution < 1.29 is 14.3 Å². The van der Waals surface area contributed by atoms with Gasteiger partial charge in [-0.3, -0.25) is 9.59 Å². The second-order valence-electron chi connectivity index (χ2n) is 6.53. The molecule has 3 rings (SSSR count). The van der Waals surface area contributed by atoms with Crippen LogP contribution in [0, 0.1) is 31.1 Å². The molecule has 1 heterocycles. The summed E-state index contributed by atoms with van der Waals surface area (Å²) in [6.45, 7) is 3.84. The lowest BCUT2D eigenvalue weighted by Gasteiger charge is -2.11. The smallest absolute Gasteiger partial charge is 0.249 e. The highest BCUT2D eigenvalue weighted by Crippen LogP contribution is 2.18.